The number of nitriles is 1. The van der Waals surface area contributed by atoms with Crippen LogP contribution in [-0.2, 0) is 13.0 Å². The monoisotopic (exact) mass is 293 g/mol. The van der Waals surface area contributed by atoms with Crippen LogP contribution in [-0.4, -0.2) is 9.55 Å². The number of para-hydroxylation sites is 1. The van der Waals surface area contributed by atoms with Crippen molar-refractivity contribution in [2.75, 3.05) is 0 Å². The first kappa shape index (κ1) is 13.6. The first-order valence-electron chi connectivity index (χ1n) is 6.92. The molecule has 0 amide bonds. The Morgan fingerprint density at radius 2 is 1.86 bits per heavy atom. The van der Waals surface area contributed by atoms with Gasteiger partial charge in [0, 0.05) is 0 Å². The number of nitrogens with one attached hydrogen (secondary N) is 1. The third kappa shape index (κ3) is 2.48. The van der Waals surface area contributed by atoms with Crippen molar-refractivity contribution in [2.45, 2.75) is 19.9 Å². The van der Waals surface area contributed by atoms with Crippen LogP contribution in [0.3, 0.4) is 0 Å². The zero-order valence-corrected chi connectivity index (χ0v) is 12.6. The molecule has 4 heteroatoms. The average Bonchev–Trinajstić information content (AvgIpc) is 2.84. The molecule has 1 aromatic heterocycles. The van der Waals surface area contributed by atoms with Crippen molar-refractivity contribution < 1.29 is 0 Å². The van der Waals surface area contributed by atoms with Gasteiger partial charge in [0.1, 0.15) is 6.07 Å². The van der Waals surface area contributed by atoms with E-state index in [1.54, 1.807) is 6.07 Å². The Labute approximate surface area is 128 Å². The highest BCUT2D eigenvalue weighted by molar-refractivity contribution is 7.71. The number of fused-ring (bicyclic) bond motifs is 1. The third-order valence-corrected chi connectivity index (χ3v) is 4.03. The largest absolute Gasteiger partial charge is 0.329 e. The van der Waals surface area contributed by atoms with Gasteiger partial charge < -0.3 is 9.55 Å². The molecule has 0 aliphatic carbocycles. The van der Waals surface area contributed by atoms with E-state index in [4.69, 9.17) is 17.5 Å². The van der Waals surface area contributed by atoms with Gasteiger partial charge >= 0.3 is 0 Å². The fourth-order valence-corrected chi connectivity index (χ4v) is 2.76. The van der Waals surface area contributed by atoms with Crippen LogP contribution >= 0.6 is 12.2 Å². The summed E-state index contributed by atoms with van der Waals surface area (Å²) in [6, 6.07) is 16.4. The minimum absolute atomic E-state index is 0.624. The van der Waals surface area contributed by atoms with Crippen molar-refractivity contribution in [1.82, 2.24) is 9.55 Å². The first-order chi connectivity index (χ1) is 10.2. The maximum Gasteiger partial charge on any atom is 0.178 e. The summed E-state index contributed by atoms with van der Waals surface area (Å²) < 4.78 is 2.68. The minimum Gasteiger partial charge on any atom is -0.329 e. The molecule has 0 atom stereocenters. The summed E-state index contributed by atoms with van der Waals surface area (Å²) in [5.74, 6) is 0. The van der Waals surface area contributed by atoms with Crippen molar-refractivity contribution in [3.63, 3.8) is 0 Å². The molecule has 0 aliphatic rings. The molecule has 3 aromatic rings. The Morgan fingerprint density at radius 3 is 2.52 bits per heavy atom. The lowest BCUT2D eigenvalue weighted by Gasteiger charge is -2.06. The molecule has 1 heterocycles. The Morgan fingerprint density at radius 1 is 1.14 bits per heavy atom. The summed E-state index contributed by atoms with van der Waals surface area (Å²) in [4.78, 5) is 3.14. The van der Waals surface area contributed by atoms with Crippen molar-refractivity contribution in [1.29, 1.82) is 5.26 Å². The van der Waals surface area contributed by atoms with Crippen molar-refractivity contribution >= 4 is 23.3 Å². The molecule has 2 aromatic carbocycles. The predicted octanol–water partition coefficient (Wildman–Crippen LogP) is 4.18. The van der Waals surface area contributed by atoms with Crippen LogP contribution in [0.1, 0.15) is 23.6 Å². The number of rotatable bonds is 3. The van der Waals surface area contributed by atoms with Crippen LogP contribution in [0.4, 0.5) is 0 Å². The van der Waals surface area contributed by atoms with E-state index in [0.717, 1.165) is 17.5 Å². The van der Waals surface area contributed by atoms with E-state index in [1.807, 2.05) is 16.7 Å². The van der Waals surface area contributed by atoms with E-state index in [1.165, 1.54) is 11.1 Å². The number of imidazole rings is 1. The lowest BCUT2D eigenvalue weighted by molar-refractivity contribution is 0.810. The number of hydrogen-bond acceptors (Lipinski definition) is 2. The molecule has 0 bridgehead atoms. The number of aromatic amines is 1. The summed E-state index contributed by atoms with van der Waals surface area (Å²) in [7, 11) is 0. The summed E-state index contributed by atoms with van der Waals surface area (Å²) >= 11 is 5.41. The lowest BCUT2D eigenvalue weighted by atomic mass is 10.1. The van der Waals surface area contributed by atoms with Gasteiger partial charge in [-0.15, -0.1) is 0 Å². The molecule has 104 valence electrons. The number of aryl methyl sites for hydroxylation is 1. The summed E-state index contributed by atoms with van der Waals surface area (Å²) in [6.07, 6.45) is 1.04. The smallest absolute Gasteiger partial charge is 0.178 e. The van der Waals surface area contributed by atoms with Gasteiger partial charge in [0.2, 0.25) is 0 Å². The Bertz CT molecular complexity index is 879. The van der Waals surface area contributed by atoms with Gasteiger partial charge in [0.05, 0.1) is 23.1 Å². The molecule has 1 N–H and O–H groups in total. The van der Waals surface area contributed by atoms with Crippen LogP contribution in [0, 0.1) is 16.1 Å². The number of benzene rings is 2. The van der Waals surface area contributed by atoms with Crippen LogP contribution in [0.15, 0.2) is 42.5 Å². The molecule has 3 nitrogen and oxygen atoms in total. The van der Waals surface area contributed by atoms with E-state index in [2.05, 4.69) is 42.2 Å². The van der Waals surface area contributed by atoms with Crippen molar-refractivity contribution in [3.05, 3.63) is 63.9 Å². The molecule has 0 spiro atoms. The molecule has 0 radical (unpaired) electrons. The van der Waals surface area contributed by atoms with E-state index >= 15 is 0 Å². The zero-order chi connectivity index (χ0) is 14.8. The number of hydrogen-bond donors (Lipinski definition) is 1. The topological polar surface area (TPSA) is 44.5 Å². The summed E-state index contributed by atoms with van der Waals surface area (Å²) in [5, 5.41) is 9.17. The van der Waals surface area contributed by atoms with E-state index in [0.29, 0.717) is 16.9 Å². The highest BCUT2D eigenvalue weighted by Crippen LogP contribution is 2.19. The molecule has 0 saturated carbocycles. The zero-order valence-electron chi connectivity index (χ0n) is 11.8. The van der Waals surface area contributed by atoms with E-state index in [-0.39, 0.29) is 0 Å². The molecule has 21 heavy (non-hydrogen) atoms. The van der Waals surface area contributed by atoms with Gasteiger partial charge in [0.15, 0.2) is 4.77 Å². The van der Waals surface area contributed by atoms with Gasteiger partial charge in [-0.3, -0.25) is 0 Å². The Balaban J connectivity index is 2.06. The highest BCUT2D eigenvalue weighted by Gasteiger charge is 2.08. The second-order valence-corrected chi connectivity index (χ2v) is 5.38. The standard InChI is InChI=1S/C17H15N3S/c1-2-12-6-8-13(9-7-12)11-20-15-5-3-4-14(10-18)16(15)19-17(20)21/h3-9H,2,11H2,1H3,(H,19,21). The first-order valence-corrected chi connectivity index (χ1v) is 7.33. The molecular weight excluding hydrogens is 278 g/mol. The fourth-order valence-electron chi connectivity index (χ4n) is 2.49. The summed E-state index contributed by atoms with van der Waals surface area (Å²) in [6.45, 7) is 2.85. The van der Waals surface area contributed by atoms with Crippen LogP contribution in [0.5, 0.6) is 0 Å². The number of aromatic nitrogens is 2. The third-order valence-electron chi connectivity index (χ3n) is 3.70. The summed E-state index contributed by atoms with van der Waals surface area (Å²) in [5.41, 5.74) is 4.94. The minimum atomic E-state index is 0.624. The average molecular weight is 293 g/mol. The maximum atomic E-state index is 9.17. The predicted molar refractivity (Wildman–Crippen MR) is 86.8 cm³/mol. The van der Waals surface area contributed by atoms with Crippen LogP contribution in [0.2, 0.25) is 0 Å². The van der Waals surface area contributed by atoms with Gasteiger partial charge in [0.25, 0.3) is 0 Å². The van der Waals surface area contributed by atoms with Gasteiger partial charge in [-0.05, 0) is 41.9 Å². The second-order valence-electron chi connectivity index (χ2n) is 5.00. The second kappa shape index (κ2) is 5.55. The Hall–Kier alpha value is -2.38. The highest BCUT2D eigenvalue weighted by atomic mass is 32.1. The van der Waals surface area contributed by atoms with Gasteiger partial charge in [-0.1, -0.05) is 37.3 Å². The molecule has 0 unspecified atom stereocenters. The molecule has 0 saturated heterocycles. The molecular formula is C17H15N3S. The lowest BCUT2D eigenvalue weighted by Crippen LogP contribution is -1.99. The van der Waals surface area contributed by atoms with Crippen molar-refractivity contribution in [3.8, 4) is 6.07 Å². The molecule has 0 fully saturated rings. The van der Waals surface area contributed by atoms with E-state index in [9.17, 15) is 0 Å². The number of nitrogens with zero attached hydrogens (tertiary/aromatic N) is 2. The van der Waals surface area contributed by atoms with Crippen molar-refractivity contribution in [2.24, 2.45) is 0 Å². The number of H-pyrrole nitrogens is 1. The quantitative estimate of drug-likeness (QED) is 0.736. The molecule has 3 rings (SSSR count). The van der Waals surface area contributed by atoms with Gasteiger partial charge in [-0.2, -0.15) is 5.26 Å². The normalized spacial score (nSPS) is 10.7. The fraction of sp³-hybridized carbons (Fsp3) is 0.176. The van der Waals surface area contributed by atoms with Gasteiger partial charge in [-0.25, -0.2) is 0 Å². The SMILES string of the molecule is CCc1ccc(Cn2c(=S)[nH]c3c(C#N)cccc32)cc1. The molecule has 0 aliphatic heterocycles. The Kier molecular flexibility index (Phi) is 3.59. The van der Waals surface area contributed by atoms with Crippen LogP contribution in [0.25, 0.3) is 11.0 Å². The van der Waals surface area contributed by atoms with Crippen LogP contribution < -0.4 is 0 Å². The van der Waals surface area contributed by atoms with E-state index < -0.39 is 0 Å². The maximum absolute atomic E-state index is 9.17.